The van der Waals surface area contributed by atoms with Crippen LogP contribution in [-0.4, -0.2) is 41.3 Å². The van der Waals surface area contributed by atoms with Crippen molar-refractivity contribution in [3.63, 3.8) is 0 Å². The van der Waals surface area contributed by atoms with E-state index in [-0.39, 0.29) is 11.0 Å². The average molecular weight is 228 g/mol. The minimum absolute atomic E-state index is 0.0376. The maximum atomic E-state index is 11.3. The molecule has 1 fully saturated rings. The van der Waals surface area contributed by atoms with E-state index >= 15 is 0 Å². The largest absolute Gasteiger partial charge is 0.465 e. The lowest BCUT2D eigenvalue weighted by molar-refractivity contribution is 0.0311. The van der Waals surface area contributed by atoms with Gasteiger partial charge in [-0.05, 0) is 24.8 Å². The number of nitrogens with one attached hydrogen (secondary N) is 1. The summed E-state index contributed by atoms with van der Waals surface area (Å²) in [7, 11) is 0. The van der Waals surface area contributed by atoms with Crippen molar-refractivity contribution in [2.24, 2.45) is 5.41 Å². The third-order valence-electron chi connectivity index (χ3n) is 3.78. The predicted molar refractivity (Wildman–Crippen MR) is 64.7 cm³/mol. The van der Waals surface area contributed by atoms with Gasteiger partial charge in [0.05, 0.1) is 5.54 Å². The molecule has 1 atom stereocenters. The topological polar surface area (TPSA) is 52.6 Å². The van der Waals surface area contributed by atoms with E-state index in [0.717, 1.165) is 25.9 Å². The molecule has 1 aliphatic rings. The van der Waals surface area contributed by atoms with E-state index in [1.807, 2.05) is 0 Å². The van der Waals surface area contributed by atoms with Crippen LogP contribution in [0.2, 0.25) is 0 Å². The van der Waals surface area contributed by atoms with E-state index in [2.05, 4.69) is 33.0 Å². The van der Waals surface area contributed by atoms with E-state index in [4.69, 9.17) is 0 Å². The molecule has 0 unspecified atom stereocenters. The van der Waals surface area contributed by atoms with Crippen LogP contribution in [0.4, 0.5) is 4.79 Å². The lowest BCUT2D eigenvalue weighted by atomic mass is 9.71. The van der Waals surface area contributed by atoms with Gasteiger partial charge in [0.25, 0.3) is 0 Å². The van der Waals surface area contributed by atoms with Crippen LogP contribution in [0, 0.1) is 5.41 Å². The molecule has 0 aromatic rings. The Hall–Kier alpha value is -0.770. The van der Waals surface area contributed by atoms with Crippen LogP contribution in [0.15, 0.2) is 0 Å². The molecule has 16 heavy (non-hydrogen) atoms. The molecule has 2 N–H and O–H groups in total. The SMILES string of the molecule is CCNC[C@@]1(C(C)(C)C)CCCN1C(=O)O. The number of amides is 1. The number of carboxylic acid groups (broad SMARTS) is 1. The Morgan fingerprint density at radius 2 is 2.12 bits per heavy atom. The van der Waals surface area contributed by atoms with E-state index in [1.165, 1.54) is 0 Å². The third kappa shape index (κ3) is 2.17. The Kier molecular flexibility index (Phi) is 3.84. The number of nitrogens with zero attached hydrogens (tertiary/aromatic N) is 1. The summed E-state index contributed by atoms with van der Waals surface area (Å²) < 4.78 is 0. The van der Waals surface area contributed by atoms with Crippen molar-refractivity contribution in [3.8, 4) is 0 Å². The van der Waals surface area contributed by atoms with Crippen molar-refractivity contribution in [2.75, 3.05) is 19.6 Å². The van der Waals surface area contributed by atoms with Gasteiger partial charge in [-0.15, -0.1) is 0 Å². The zero-order valence-electron chi connectivity index (χ0n) is 10.8. The minimum atomic E-state index is -0.787. The van der Waals surface area contributed by atoms with Gasteiger partial charge in [0.1, 0.15) is 0 Å². The first-order chi connectivity index (χ1) is 7.35. The zero-order valence-corrected chi connectivity index (χ0v) is 10.8. The highest BCUT2D eigenvalue weighted by Crippen LogP contribution is 2.43. The summed E-state index contributed by atoms with van der Waals surface area (Å²) in [6.45, 7) is 10.7. The van der Waals surface area contributed by atoms with Crippen LogP contribution in [0.25, 0.3) is 0 Å². The van der Waals surface area contributed by atoms with Crippen LogP contribution >= 0.6 is 0 Å². The molecule has 1 heterocycles. The van der Waals surface area contributed by atoms with Gasteiger partial charge in [0.2, 0.25) is 0 Å². The zero-order chi connectivity index (χ0) is 12.4. The molecular weight excluding hydrogens is 204 g/mol. The van der Waals surface area contributed by atoms with Gasteiger partial charge in [0, 0.05) is 13.1 Å². The molecule has 1 saturated heterocycles. The summed E-state index contributed by atoms with van der Waals surface area (Å²) in [4.78, 5) is 13.0. The van der Waals surface area contributed by atoms with Gasteiger partial charge in [-0.2, -0.15) is 0 Å². The number of rotatable bonds is 3. The van der Waals surface area contributed by atoms with Crippen molar-refractivity contribution in [3.05, 3.63) is 0 Å². The number of likely N-dealkylation sites (N-methyl/N-ethyl adjacent to an activating group) is 1. The highest BCUT2D eigenvalue weighted by atomic mass is 16.4. The van der Waals surface area contributed by atoms with Crippen LogP contribution < -0.4 is 5.32 Å². The van der Waals surface area contributed by atoms with Crippen molar-refractivity contribution in [1.82, 2.24) is 10.2 Å². The molecule has 1 amide bonds. The third-order valence-corrected chi connectivity index (χ3v) is 3.78. The standard InChI is InChI=1S/C12H24N2O2/c1-5-13-9-12(11(2,3)4)7-6-8-14(12)10(15)16/h13H,5-9H2,1-4H3,(H,15,16)/t12-/m1/s1. The summed E-state index contributed by atoms with van der Waals surface area (Å²) >= 11 is 0. The molecule has 0 radical (unpaired) electrons. The quantitative estimate of drug-likeness (QED) is 0.778. The monoisotopic (exact) mass is 228 g/mol. The second-order valence-corrected chi connectivity index (χ2v) is 5.60. The van der Waals surface area contributed by atoms with Gasteiger partial charge in [-0.3, -0.25) is 0 Å². The first-order valence-electron chi connectivity index (χ1n) is 6.06. The number of hydrogen-bond acceptors (Lipinski definition) is 2. The molecule has 1 aliphatic heterocycles. The molecule has 0 spiro atoms. The average Bonchev–Trinajstić information content (AvgIpc) is 2.58. The smallest absolute Gasteiger partial charge is 0.407 e. The number of likely N-dealkylation sites (tertiary alicyclic amines) is 1. The van der Waals surface area contributed by atoms with Gasteiger partial charge in [-0.25, -0.2) is 4.79 Å². The lowest BCUT2D eigenvalue weighted by Gasteiger charge is -2.47. The highest BCUT2D eigenvalue weighted by Gasteiger charge is 2.51. The summed E-state index contributed by atoms with van der Waals surface area (Å²) in [5.74, 6) is 0. The first-order valence-corrected chi connectivity index (χ1v) is 6.06. The Bertz CT molecular complexity index is 260. The van der Waals surface area contributed by atoms with E-state index in [0.29, 0.717) is 6.54 Å². The Labute approximate surface area is 98.0 Å². The van der Waals surface area contributed by atoms with Gasteiger partial charge in [-0.1, -0.05) is 27.7 Å². The van der Waals surface area contributed by atoms with Crippen molar-refractivity contribution in [1.29, 1.82) is 0 Å². The van der Waals surface area contributed by atoms with Gasteiger partial charge < -0.3 is 15.3 Å². The molecule has 4 heteroatoms. The van der Waals surface area contributed by atoms with Gasteiger partial charge in [0.15, 0.2) is 0 Å². The Balaban J connectivity index is 2.98. The molecular formula is C12H24N2O2. The number of carbonyl (C=O) groups is 1. The lowest BCUT2D eigenvalue weighted by Crippen LogP contribution is -2.60. The predicted octanol–water partition coefficient (Wildman–Crippen LogP) is 2.15. The van der Waals surface area contributed by atoms with Crippen LogP contribution in [0.5, 0.6) is 0 Å². The normalized spacial score (nSPS) is 26.1. The van der Waals surface area contributed by atoms with Crippen LogP contribution in [0.1, 0.15) is 40.5 Å². The van der Waals surface area contributed by atoms with E-state index in [1.54, 1.807) is 4.90 Å². The molecule has 0 aromatic carbocycles. The molecule has 0 bridgehead atoms. The van der Waals surface area contributed by atoms with Gasteiger partial charge >= 0.3 is 6.09 Å². The molecule has 0 saturated carbocycles. The summed E-state index contributed by atoms with van der Waals surface area (Å²) in [5, 5.41) is 12.6. The van der Waals surface area contributed by atoms with Crippen molar-refractivity contribution >= 4 is 6.09 Å². The van der Waals surface area contributed by atoms with Crippen molar-refractivity contribution in [2.45, 2.75) is 46.1 Å². The molecule has 1 rings (SSSR count). The van der Waals surface area contributed by atoms with Crippen LogP contribution in [-0.2, 0) is 0 Å². The van der Waals surface area contributed by atoms with E-state index in [9.17, 15) is 9.90 Å². The fourth-order valence-corrected chi connectivity index (χ4v) is 2.72. The van der Waals surface area contributed by atoms with E-state index < -0.39 is 6.09 Å². The fraction of sp³-hybridized carbons (Fsp3) is 0.917. The summed E-state index contributed by atoms with van der Waals surface area (Å²) in [6.07, 6.45) is 1.13. The highest BCUT2D eigenvalue weighted by molar-refractivity contribution is 5.67. The van der Waals surface area contributed by atoms with Crippen molar-refractivity contribution < 1.29 is 9.90 Å². The van der Waals surface area contributed by atoms with Crippen LogP contribution in [0.3, 0.4) is 0 Å². The molecule has 0 aliphatic carbocycles. The summed E-state index contributed by atoms with van der Waals surface area (Å²) in [6, 6.07) is 0. The Morgan fingerprint density at radius 3 is 2.56 bits per heavy atom. The maximum Gasteiger partial charge on any atom is 0.407 e. The second-order valence-electron chi connectivity index (χ2n) is 5.60. The molecule has 94 valence electrons. The maximum absolute atomic E-state index is 11.3. The minimum Gasteiger partial charge on any atom is -0.465 e. The first kappa shape index (κ1) is 13.3. The Morgan fingerprint density at radius 1 is 1.50 bits per heavy atom. The second kappa shape index (κ2) is 4.62. The summed E-state index contributed by atoms with van der Waals surface area (Å²) in [5.41, 5.74) is -0.293. The fourth-order valence-electron chi connectivity index (χ4n) is 2.72. The number of hydrogen-bond donors (Lipinski definition) is 2. The molecule has 0 aromatic heterocycles. The molecule has 4 nitrogen and oxygen atoms in total.